The fourth-order valence-electron chi connectivity index (χ4n) is 3.53. The molecular formula is C25H20F3N3O5S. The van der Waals surface area contributed by atoms with E-state index in [-0.39, 0.29) is 28.3 Å². The maximum Gasteiger partial charge on any atom is 0.418 e. The van der Waals surface area contributed by atoms with Gasteiger partial charge in [-0.05, 0) is 36.8 Å². The number of carbonyl (C=O) groups is 2. The summed E-state index contributed by atoms with van der Waals surface area (Å²) in [7, 11) is 0. The molecule has 4 rings (SSSR count). The highest BCUT2D eigenvalue weighted by Gasteiger charge is 2.33. The molecule has 0 spiro atoms. The topological polar surface area (TPSA) is 99.5 Å². The quantitative estimate of drug-likeness (QED) is 0.262. The SMILES string of the molecule is Cc1c(C(=O)OCCOc2ccccc2)sc2ncn(CC(=O)Nc3ccccc3C(F)(F)F)c(=O)c12. The van der Waals surface area contributed by atoms with Crippen LogP contribution in [0.1, 0.15) is 20.8 Å². The van der Waals surface area contributed by atoms with Crippen LogP contribution in [0, 0.1) is 6.92 Å². The number of amides is 1. The lowest BCUT2D eigenvalue weighted by molar-refractivity contribution is -0.137. The first-order valence-electron chi connectivity index (χ1n) is 10.9. The molecule has 0 unspecified atom stereocenters. The van der Waals surface area contributed by atoms with Crippen molar-refractivity contribution in [1.82, 2.24) is 9.55 Å². The van der Waals surface area contributed by atoms with E-state index in [9.17, 15) is 27.6 Å². The lowest BCUT2D eigenvalue weighted by Gasteiger charge is -2.13. The van der Waals surface area contributed by atoms with E-state index in [1.54, 1.807) is 19.1 Å². The van der Waals surface area contributed by atoms with Gasteiger partial charge in [-0.3, -0.25) is 14.2 Å². The summed E-state index contributed by atoms with van der Waals surface area (Å²) in [5.41, 5.74) is -1.70. The van der Waals surface area contributed by atoms with Crippen molar-refractivity contribution >= 4 is 39.1 Å². The number of thiophene rings is 1. The van der Waals surface area contributed by atoms with Crippen LogP contribution in [0.15, 0.2) is 65.7 Å². The number of nitrogens with one attached hydrogen (secondary N) is 1. The standard InChI is InChI=1S/C25H20F3N3O5S/c1-15-20-22(37-21(15)24(34)36-12-11-35-16-7-3-2-4-8-16)29-14-31(23(20)33)13-19(32)30-18-10-6-5-9-17(18)25(26,27)28/h2-10,14H,11-13H2,1H3,(H,30,32). The zero-order valence-electron chi connectivity index (χ0n) is 19.4. The van der Waals surface area contributed by atoms with Gasteiger partial charge in [0.2, 0.25) is 5.91 Å². The number of benzene rings is 2. The molecule has 2 heterocycles. The number of fused-ring (bicyclic) bond motifs is 1. The number of esters is 1. The molecule has 0 atom stereocenters. The average molecular weight is 532 g/mol. The molecule has 0 fully saturated rings. The van der Waals surface area contributed by atoms with Crippen molar-refractivity contribution in [3.8, 4) is 5.75 Å². The van der Waals surface area contributed by atoms with Crippen molar-refractivity contribution in [2.75, 3.05) is 18.5 Å². The molecule has 0 radical (unpaired) electrons. The van der Waals surface area contributed by atoms with Gasteiger partial charge < -0.3 is 14.8 Å². The van der Waals surface area contributed by atoms with Gasteiger partial charge in [0, 0.05) is 0 Å². The van der Waals surface area contributed by atoms with E-state index in [0.717, 1.165) is 34.4 Å². The molecule has 37 heavy (non-hydrogen) atoms. The number of hydrogen-bond donors (Lipinski definition) is 1. The van der Waals surface area contributed by atoms with E-state index >= 15 is 0 Å². The van der Waals surface area contributed by atoms with Crippen molar-refractivity contribution in [2.24, 2.45) is 0 Å². The summed E-state index contributed by atoms with van der Waals surface area (Å²) in [5, 5.41) is 2.32. The minimum absolute atomic E-state index is 0.0152. The second-order valence-corrected chi connectivity index (χ2v) is 8.80. The normalized spacial score (nSPS) is 11.4. The fourth-order valence-corrected chi connectivity index (χ4v) is 4.56. The molecule has 0 aliphatic carbocycles. The van der Waals surface area contributed by atoms with Crippen LogP contribution in [0.2, 0.25) is 0 Å². The highest BCUT2D eigenvalue weighted by Crippen LogP contribution is 2.34. The Morgan fingerprint density at radius 3 is 2.49 bits per heavy atom. The number of alkyl halides is 3. The lowest BCUT2D eigenvalue weighted by atomic mass is 10.1. The second-order valence-electron chi connectivity index (χ2n) is 7.80. The summed E-state index contributed by atoms with van der Waals surface area (Å²) in [6, 6.07) is 13.5. The lowest BCUT2D eigenvalue weighted by Crippen LogP contribution is -2.28. The number of carbonyl (C=O) groups excluding carboxylic acids is 2. The Balaban J connectivity index is 1.45. The number of para-hydroxylation sites is 2. The number of aromatic nitrogens is 2. The van der Waals surface area contributed by atoms with E-state index in [4.69, 9.17) is 9.47 Å². The van der Waals surface area contributed by atoms with Gasteiger partial charge in [-0.2, -0.15) is 13.2 Å². The molecule has 0 bridgehead atoms. The van der Waals surface area contributed by atoms with Crippen LogP contribution in [0.25, 0.3) is 10.2 Å². The van der Waals surface area contributed by atoms with Crippen LogP contribution >= 0.6 is 11.3 Å². The summed E-state index contributed by atoms with van der Waals surface area (Å²) in [6.45, 7) is 1.11. The number of rotatable bonds is 8. The number of hydrogen-bond acceptors (Lipinski definition) is 7. The largest absolute Gasteiger partial charge is 0.490 e. The number of aryl methyl sites for hydroxylation is 1. The van der Waals surface area contributed by atoms with Gasteiger partial charge in [-0.15, -0.1) is 11.3 Å². The van der Waals surface area contributed by atoms with Crippen LogP contribution in [-0.4, -0.2) is 34.6 Å². The van der Waals surface area contributed by atoms with E-state index in [1.165, 1.54) is 12.1 Å². The molecule has 0 aliphatic rings. The first kappa shape index (κ1) is 25.9. The first-order chi connectivity index (χ1) is 17.6. The Bertz CT molecular complexity index is 1500. The molecule has 1 N–H and O–H groups in total. The Morgan fingerprint density at radius 2 is 1.76 bits per heavy atom. The molecule has 8 nitrogen and oxygen atoms in total. The Morgan fingerprint density at radius 1 is 1.05 bits per heavy atom. The zero-order chi connectivity index (χ0) is 26.6. The minimum atomic E-state index is -4.66. The fraction of sp³-hybridized carbons (Fsp3) is 0.200. The van der Waals surface area contributed by atoms with Crippen LogP contribution in [-0.2, 0) is 22.3 Å². The molecule has 0 aliphatic heterocycles. The van der Waals surface area contributed by atoms with Crippen molar-refractivity contribution in [3.63, 3.8) is 0 Å². The maximum absolute atomic E-state index is 13.2. The summed E-state index contributed by atoms with van der Waals surface area (Å²) in [4.78, 5) is 42.6. The number of nitrogens with zero attached hydrogens (tertiary/aromatic N) is 2. The summed E-state index contributed by atoms with van der Waals surface area (Å²) in [6.07, 6.45) is -3.55. The van der Waals surface area contributed by atoms with E-state index < -0.39 is 41.4 Å². The van der Waals surface area contributed by atoms with Gasteiger partial charge in [0.15, 0.2) is 0 Å². The number of anilines is 1. The molecule has 1 amide bonds. The molecule has 0 saturated heterocycles. The van der Waals surface area contributed by atoms with Gasteiger partial charge >= 0.3 is 12.1 Å². The Labute approximate surface area is 212 Å². The van der Waals surface area contributed by atoms with E-state index in [1.807, 2.05) is 18.2 Å². The molecule has 192 valence electrons. The summed E-state index contributed by atoms with van der Waals surface area (Å²) >= 11 is 0.970. The Kier molecular flexibility index (Phi) is 7.58. The monoisotopic (exact) mass is 531 g/mol. The molecule has 12 heteroatoms. The average Bonchev–Trinajstić information content (AvgIpc) is 3.21. The molecule has 2 aromatic heterocycles. The van der Waals surface area contributed by atoms with Crippen molar-refractivity contribution in [2.45, 2.75) is 19.6 Å². The van der Waals surface area contributed by atoms with E-state index in [0.29, 0.717) is 11.3 Å². The van der Waals surface area contributed by atoms with Crippen LogP contribution in [0.5, 0.6) is 5.75 Å². The maximum atomic E-state index is 13.2. The molecule has 4 aromatic rings. The van der Waals surface area contributed by atoms with Crippen molar-refractivity contribution < 1.29 is 32.2 Å². The molecule has 2 aromatic carbocycles. The second kappa shape index (κ2) is 10.8. The third-order valence-electron chi connectivity index (χ3n) is 5.25. The zero-order valence-corrected chi connectivity index (χ0v) is 20.2. The third kappa shape index (κ3) is 5.97. The smallest absolute Gasteiger partial charge is 0.418 e. The van der Waals surface area contributed by atoms with Gasteiger partial charge in [-0.1, -0.05) is 30.3 Å². The molecule has 0 saturated carbocycles. The van der Waals surface area contributed by atoms with E-state index in [2.05, 4.69) is 10.3 Å². The van der Waals surface area contributed by atoms with Crippen molar-refractivity contribution in [1.29, 1.82) is 0 Å². The number of halogens is 3. The van der Waals surface area contributed by atoms with Gasteiger partial charge in [0.05, 0.1) is 23.0 Å². The predicted octanol–water partition coefficient (Wildman–Crippen LogP) is 4.66. The highest BCUT2D eigenvalue weighted by molar-refractivity contribution is 7.20. The number of ether oxygens (including phenoxy) is 2. The first-order valence-corrected chi connectivity index (χ1v) is 11.8. The van der Waals surface area contributed by atoms with Crippen LogP contribution in [0.3, 0.4) is 0 Å². The van der Waals surface area contributed by atoms with Gasteiger partial charge in [0.1, 0.15) is 35.2 Å². The highest BCUT2D eigenvalue weighted by atomic mass is 32.1. The summed E-state index contributed by atoms with van der Waals surface area (Å²) < 4.78 is 51.3. The van der Waals surface area contributed by atoms with Crippen LogP contribution in [0.4, 0.5) is 18.9 Å². The van der Waals surface area contributed by atoms with Gasteiger partial charge in [0.25, 0.3) is 5.56 Å². The Hall–Kier alpha value is -4.19. The third-order valence-corrected chi connectivity index (χ3v) is 6.43. The van der Waals surface area contributed by atoms with Gasteiger partial charge in [-0.25, -0.2) is 9.78 Å². The van der Waals surface area contributed by atoms with Crippen LogP contribution < -0.4 is 15.6 Å². The minimum Gasteiger partial charge on any atom is -0.490 e. The predicted molar refractivity (Wildman–Crippen MR) is 131 cm³/mol. The molecular weight excluding hydrogens is 511 g/mol. The van der Waals surface area contributed by atoms with Crippen molar-refractivity contribution in [3.05, 3.63) is 87.3 Å². The summed E-state index contributed by atoms with van der Waals surface area (Å²) in [5.74, 6) is -0.859.